The Hall–Kier alpha value is -2.12. The Morgan fingerprint density at radius 2 is 2.21 bits per heavy atom. The van der Waals surface area contributed by atoms with Crippen molar-refractivity contribution in [3.8, 4) is 0 Å². The maximum atomic E-state index is 11.3. The van der Waals surface area contributed by atoms with Crippen molar-refractivity contribution in [1.82, 2.24) is 9.78 Å². The first-order valence-corrected chi connectivity index (χ1v) is 6.11. The zero-order chi connectivity index (χ0) is 14.2. The number of hydrogen-bond acceptors (Lipinski definition) is 5. The lowest BCUT2D eigenvalue weighted by Gasteiger charge is -2.33. The second-order valence-corrected chi connectivity index (χ2v) is 4.68. The van der Waals surface area contributed by atoms with E-state index in [2.05, 4.69) is 5.10 Å². The maximum Gasteiger partial charge on any atom is 0.333 e. The number of carboxylic acids is 1. The van der Waals surface area contributed by atoms with E-state index >= 15 is 0 Å². The lowest BCUT2D eigenvalue weighted by Crippen LogP contribution is -2.45. The molecule has 2 rings (SSSR count). The zero-order valence-electron chi connectivity index (χ0n) is 10.9. The summed E-state index contributed by atoms with van der Waals surface area (Å²) in [6, 6.07) is -0.720. The first-order chi connectivity index (χ1) is 8.93. The molecule has 0 aromatic carbocycles. The monoisotopic (exact) mass is 268 g/mol. The number of piperidine rings is 1. The van der Waals surface area contributed by atoms with Crippen LogP contribution in [0.4, 0.5) is 11.5 Å². The predicted octanol–water partition coefficient (Wildman–Crippen LogP) is 1.08. The number of aromatic nitrogens is 2. The van der Waals surface area contributed by atoms with Crippen LogP contribution in [0.25, 0.3) is 0 Å². The zero-order valence-corrected chi connectivity index (χ0v) is 10.9. The Bertz CT molecular complexity index is 525. The molecule has 8 heteroatoms. The summed E-state index contributed by atoms with van der Waals surface area (Å²) in [7, 11) is 1.60. The molecule has 104 valence electrons. The van der Waals surface area contributed by atoms with Gasteiger partial charge in [0.25, 0.3) is 0 Å². The van der Waals surface area contributed by atoms with Gasteiger partial charge in [-0.15, -0.1) is 0 Å². The lowest BCUT2D eigenvalue weighted by molar-refractivity contribution is -0.384. The molecule has 2 heterocycles. The van der Waals surface area contributed by atoms with Gasteiger partial charge in [0.1, 0.15) is 11.7 Å². The molecule has 1 aliphatic heterocycles. The van der Waals surface area contributed by atoms with Gasteiger partial charge >= 0.3 is 11.7 Å². The second kappa shape index (κ2) is 4.87. The van der Waals surface area contributed by atoms with Crippen LogP contribution >= 0.6 is 0 Å². The van der Waals surface area contributed by atoms with E-state index in [0.717, 1.165) is 12.8 Å². The van der Waals surface area contributed by atoms with Crippen LogP contribution in [0.2, 0.25) is 0 Å². The van der Waals surface area contributed by atoms with E-state index in [9.17, 15) is 20.0 Å². The summed E-state index contributed by atoms with van der Waals surface area (Å²) >= 11 is 0. The first kappa shape index (κ1) is 13.3. The Kier molecular flexibility index (Phi) is 3.41. The number of carbonyl (C=O) groups is 1. The van der Waals surface area contributed by atoms with E-state index in [-0.39, 0.29) is 11.5 Å². The maximum absolute atomic E-state index is 11.3. The van der Waals surface area contributed by atoms with Crippen molar-refractivity contribution < 1.29 is 14.8 Å². The van der Waals surface area contributed by atoms with Gasteiger partial charge in [0.2, 0.25) is 5.82 Å². The van der Waals surface area contributed by atoms with Gasteiger partial charge in [0.15, 0.2) is 0 Å². The number of rotatable bonds is 3. The average molecular weight is 268 g/mol. The summed E-state index contributed by atoms with van der Waals surface area (Å²) < 4.78 is 1.40. The van der Waals surface area contributed by atoms with Crippen LogP contribution in [-0.2, 0) is 11.8 Å². The molecule has 0 radical (unpaired) electrons. The van der Waals surface area contributed by atoms with Gasteiger partial charge in [-0.1, -0.05) is 0 Å². The van der Waals surface area contributed by atoms with E-state index in [0.29, 0.717) is 18.7 Å². The average Bonchev–Trinajstić information content (AvgIpc) is 2.64. The fraction of sp³-hybridized carbons (Fsp3) is 0.636. The van der Waals surface area contributed by atoms with Gasteiger partial charge in [0.05, 0.1) is 4.92 Å². The summed E-state index contributed by atoms with van der Waals surface area (Å²) in [6.45, 7) is 2.05. The molecule has 1 unspecified atom stereocenters. The molecular formula is C11H16N4O4. The van der Waals surface area contributed by atoms with Gasteiger partial charge in [0, 0.05) is 13.6 Å². The molecule has 0 aliphatic carbocycles. The van der Waals surface area contributed by atoms with Crippen LogP contribution in [-0.4, -0.2) is 38.4 Å². The molecule has 1 saturated heterocycles. The minimum atomic E-state index is -0.951. The third kappa shape index (κ3) is 2.25. The lowest BCUT2D eigenvalue weighted by atomic mass is 10.0. The van der Waals surface area contributed by atoms with Crippen molar-refractivity contribution in [1.29, 1.82) is 0 Å². The van der Waals surface area contributed by atoms with Crippen molar-refractivity contribution in [2.45, 2.75) is 32.2 Å². The normalized spacial score (nSPS) is 19.5. The molecule has 8 nitrogen and oxygen atoms in total. The Morgan fingerprint density at radius 1 is 1.53 bits per heavy atom. The van der Waals surface area contributed by atoms with Crippen molar-refractivity contribution in [2.24, 2.45) is 7.05 Å². The van der Waals surface area contributed by atoms with Gasteiger partial charge in [-0.05, 0) is 26.2 Å². The molecule has 1 N–H and O–H groups in total. The summed E-state index contributed by atoms with van der Waals surface area (Å²) in [5, 5.41) is 24.5. The molecule has 19 heavy (non-hydrogen) atoms. The van der Waals surface area contributed by atoms with Crippen LogP contribution in [0, 0.1) is 17.0 Å². The van der Waals surface area contributed by atoms with E-state index in [1.165, 1.54) is 4.68 Å². The molecule has 0 spiro atoms. The summed E-state index contributed by atoms with van der Waals surface area (Å²) in [4.78, 5) is 23.5. The van der Waals surface area contributed by atoms with Gasteiger partial charge < -0.3 is 10.0 Å². The van der Waals surface area contributed by atoms with Crippen molar-refractivity contribution in [3.05, 3.63) is 15.8 Å². The third-order valence-corrected chi connectivity index (χ3v) is 3.40. The molecule has 0 amide bonds. The number of nitro groups is 1. The smallest absolute Gasteiger partial charge is 0.333 e. The van der Waals surface area contributed by atoms with Crippen molar-refractivity contribution >= 4 is 17.5 Å². The van der Waals surface area contributed by atoms with E-state index in [4.69, 9.17) is 0 Å². The Balaban J connectivity index is 2.50. The molecule has 1 fully saturated rings. The first-order valence-electron chi connectivity index (χ1n) is 6.11. The van der Waals surface area contributed by atoms with E-state index in [1.54, 1.807) is 18.9 Å². The van der Waals surface area contributed by atoms with Crippen LogP contribution in [0.15, 0.2) is 0 Å². The van der Waals surface area contributed by atoms with Gasteiger partial charge in [-0.3, -0.25) is 10.1 Å². The molecule has 0 saturated carbocycles. The van der Waals surface area contributed by atoms with Crippen LogP contribution < -0.4 is 4.90 Å². The highest BCUT2D eigenvalue weighted by Crippen LogP contribution is 2.34. The Morgan fingerprint density at radius 3 is 2.79 bits per heavy atom. The molecule has 1 aromatic rings. The van der Waals surface area contributed by atoms with Gasteiger partial charge in [-0.2, -0.15) is 5.10 Å². The fourth-order valence-electron chi connectivity index (χ4n) is 2.61. The number of hydrogen-bond donors (Lipinski definition) is 1. The van der Waals surface area contributed by atoms with Crippen LogP contribution in [0.3, 0.4) is 0 Å². The summed E-state index contributed by atoms with van der Waals surface area (Å²) in [5.74, 6) is -0.664. The highest BCUT2D eigenvalue weighted by molar-refractivity contribution is 5.79. The largest absolute Gasteiger partial charge is 0.480 e. The minimum Gasteiger partial charge on any atom is -0.480 e. The number of aliphatic carboxylic acids is 1. The van der Waals surface area contributed by atoms with E-state index in [1.807, 2.05) is 0 Å². The predicted molar refractivity (Wildman–Crippen MR) is 67.2 cm³/mol. The van der Waals surface area contributed by atoms with Crippen molar-refractivity contribution in [3.63, 3.8) is 0 Å². The number of nitrogens with zero attached hydrogens (tertiary/aromatic N) is 4. The van der Waals surface area contributed by atoms with Gasteiger partial charge in [-0.25, -0.2) is 9.48 Å². The number of anilines is 1. The van der Waals surface area contributed by atoms with Crippen LogP contribution in [0.1, 0.15) is 25.0 Å². The topological polar surface area (TPSA) is 102 Å². The highest BCUT2D eigenvalue weighted by Gasteiger charge is 2.36. The molecular weight excluding hydrogens is 252 g/mol. The quantitative estimate of drug-likeness (QED) is 0.650. The van der Waals surface area contributed by atoms with Crippen LogP contribution in [0.5, 0.6) is 0 Å². The molecule has 1 atom stereocenters. The van der Waals surface area contributed by atoms with Crippen molar-refractivity contribution in [2.75, 3.05) is 11.4 Å². The third-order valence-electron chi connectivity index (χ3n) is 3.40. The summed E-state index contributed by atoms with van der Waals surface area (Å²) in [5.41, 5.74) is 0.202. The highest BCUT2D eigenvalue weighted by atomic mass is 16.6. The summed E-state index contributed by atoms with van der Waals surface area (Å²) in [6.07, 6.45) is 2.14. The second-order valence-electron chi connectivity index (χ2n) is 4.68. The standard InChI is InChI=1S/C11H16N4O4/c1-7-9(15(18)19)10(13(2)12-7)14-6-4-3-5-8(14)11(16)17/h8H,3-6H2,1-2H3,(H,16,17). The fourth-order valence-corrected chi connectivity index (χ4v) is 2.61. The number of aryl methyl sites for hydroxylation is 2. The molecule has 0 bridgehead atoms. The molecule has 1 aromatic heterocycles. The number of carboxylic acid groups (broad SMARTS) is 1. The SMILES string of the molecule is Cc1nn(C)c(N2CCCCC2C(=O)O)c1[N+](=O)[O-]. The van der Waals surface area contributed by atoms with E-state index < -0.39 is 16.9 Å². The minimum absolute atomic E-state index is 0.101. The Labute approximate surface area is 109 Å². The molecule has 1 aliphatic rings.